The molecule has 0 spiro atoms. The fraction of sp³-hybridized carbons (Fsp3) is 0.545. The number of H-pyrrole nitrogens is 1. The van der Waals surface area contributed by atoms with E-state index in [0.717, 1.165) is 18.6 Å². The molecule has 2 heterocycles. The lowest BCUT2D eigenvalue weighted by Crippen LogP contribution is -2.07. The zero-order valence-electron chi connectivity index (χ0n) is 10.5. The van der Waals surface area contributed by atoms with Crippen molar-refractivity contribution in [3.8, 4) is 0 Å². The van der Waals surface area contributed by atoms with Crippen LogP contribution in [0.4, 0.5) is 0 Å². The highest BCUT2D eigenvalue weighted by molar-refractivity contribution is 7.90. The Morgan fingerprint density at radius 2 is 2.26 bits per heavy atom. The van der Waals surface area contributed by atoms with Crippen LogP contribution in [0.1, 0.15) is 43.2 Å². The lowest BCUT2D eigenvalue weighted by atomic mass is 10.3. The third-order valence-corrected chi connectivity index (χ3v) is 4.35. The number of hydrogen-bond donors (Lipinski definition) is 1. The zero-order chi connectivity index (χ0) is 13.5. The van der Waals surface area contributed by atoms with Crippen LogP contribution in [0, 0.1) is 0 Å². The number of aromatic nitrogens is 4. The maximum atomic E-state index is 12.1. The SMILES string of the molecule is CCc1nc(S(=O)(=O)Cc2ncc(C3CC3)o2)n[nH]1. The van der Waals surface area contributed by atoms with E-state index in [4.69, 9.17) is 4.42 Å². The van der Waals surface area contributed by atoms with E-state index in [-0.39, 0.29) is 16.8 Å². The molecule has 8 heteroatoms. The van der Waals surface area contributed by atoms with E-state index in [2.05, 4.69) is 20.2 Å². The second kappa shape index (κ2) is 4.44. The third-order valence-electron chi connectivity index (χ3n) is 2.99. The molecule has 0 saturated heterocycles. The van der Waals surface area contributed by atoms with E-state index in [1.54, 1.807) is 6.20 Å². The molecule has 102 valence electrons. The number of aromatic amines is 1. The van der Waals surface area contributed by atoms with Crippen molar-refractivity contribution >= 4 is 9.84 Å². The van der Waals surface area contributed by atoms with Crippen LogP contribution in [0.2, 0.25) is 0 Å². The molecule has 1 aliphatic rings. The Kier molecular flexibility index (Phi) is 2.89. The molecule has 0 amide bonds. The predicted molar refractivity (Wildman–Crippen MR) is 65.1 cm³/mol. The van der Waals surface area contributed by atoms with Gasteiger partial charge in [-0.1, -0.05) is 6.92 Å². The minimum atomic E-state index is -3.60. The zero-order valence-corrected chi connectivity index (χ0v) is 11.3. The van der Waals surface area contributed by atoms with Crippen LogP contribution in [-0.4, -0.2) is 28.6 Å². The average molecular weight is 282 g/mol. The van der Waals surface area contributed by atoms with Gasteiger partial charge >= 0.3 is 0 Å². The van der Waals surface area contributed by atoms with E-state index in [1.807, 2.05) is 6.92 Å². The van der Waals surface area contributed by atoms with Gasteiger partial charge in [-0.2, -0.15) is 0 Å². The number of aryl methyl sites for hydroxylation is 1. The first kappa shape index (κ1) is 12.3. The Bertz CT molecular complexity index is 684. The molecule has 19 heavy (non-hydrogen) atoms. The van der Waals surface area contributed by atoms with Gasteiger partial charge in [0.05, 0.1) is 6.20 Å². The fourth-order valence-electron chi connectivity index (χ4n) is 1.75. The second-order valence-electron chi connectivity index (χ2n) is 4.61. The van der Waals surface area contributed by atoms with E-state index in [1.165, 1.54) is 0 Å². The Labute approximate surface area is 110 Å². The highest BCUT2D eigenvalue weighted by atomic mass is 32.2. The van der Waals surface area contributed by atoms with Gasteiger partial charge in [-0.15, -0.1) is 5.10 Å². The average Bonchev–Trinajstić information content (AvgIpc) is 2.92. The molecule has 0 radical (unpaired) electrons. The number of oxazole rings is 1. The van der Waals surface area contributed by atoms with Crippen LogP contribution in [-0.2, 0) is 22.0 Å². The summed E-state index contributed by atoms with van der Waals surface area (Å²) in [5.74, 6) is 1.63. The van der Waals surface area contributed by atoms with Crippen molar-refractivity contribution in [3.05, 3.63) is 23.7 Å². The lowest BCUT2D eigenvalue weighted by Gasteiger charge is -1.95. The van der Waals surface area contributed by atoms with Gasteiger partial charge in [0.25, 0.3) is 5.16 Å². The molecule has 2 aromatic heterocycles. The Balaban J connectivity index is 1.79. The first-order chi connectivity index (χ1) is 9.08. The molecule has 1 saturated carbocycles. The highest BCUT2D eigenvalue weighted by Gasteiger charge is 2.29. The molecular weight excluding hydrogens is 268 g/mol. The van der Waals surface area contributed by atoms with E-state index >= 15 is 0 Å². The number of nitrogens with zero attached hydrogens (tertiary/aromatic N) is 3. The van der Waals surface area contributed by atoms with Crippen molar-refractivity contribution in [2.75, 3.05) is 0 Å². The summed E-state index contributed by atoms with van der Waals surface area (Å²) < 4.78 is 29.6. The standard InChI is InChI=1S/C11H14N4O3S/c1-2-9-13-11(15-14-9)19(16,17)6-10-12-5-8(18-10)7-3-4-7/h5,7H,2-4,6H2,1H3,(H,13,14,15). The highest BCUT2D eigenvalue weighted by Crippen LogP contribution is 2.40. The maximum Gasteiger partial charge on any atom is 0.267 e. The van der Waals surface area contributed by atoms with Crippen molar-refractivity contribution in [1.82, 2.24) is 20.2 Å². The third kappa shape index (κ3) is 2.53. The van der Waals surface area contributed by atoms with Gasteiger partial charge in [-0.3, -0.25) is 5.10 Å². The molecule has 0 aliphatic heterocycles. The summed E-state index contributed by atoms with van der Waals surface area (Å²) in [4.78, 5) is 7.93. The summed E-state index contributed by atoms with van der Waals surface area (Å²) in [5.41, 5.74) is 0. The monoisotopic (exact) mass is 282 g/mol. The maximum absolute atomic E-state index is 12.1. The van der Waals surface area contributed by atoms with E-state index in [9.17, 15) is 8.42 Å². The van der Waals surface area contributed by atoms with Gasteiger partial charge in [-0.05, 0) is 12.8 Å². The normalized spacial score (nSPS) is 15.8. The predicted octanol–water partition coefficient (Wildman–Crippen LogP) is 1.21. The number of rotatable bonds is 5. The van der Waals surface area contributed by atoms with Gasteiger partial charge in [0.1, 0.15) is 17.3 Å². The molecule has 0 atom stereocenters. The van der Waals surface area contributed by atoms with Crippen LogP contribution >= 0.6 is 0 Å². The first-order valence-electron chi connectivity index (χ1n) is 6.17. The van der Waals surface area contributed by atoms with Crippen LogP contribution < -0.4 is 0 Å². The molecule has 7 nitrogen and oxygen atoms in total. The van der Waals surface area contributed by atoms with Gasteiger partial charge in [0.2, 0.25) is 15.7 Å². The largest absolute Gasteiger partial charge is 0.444 e. The van der Waals surface area contributed by atoms with Gasteiger partial charge in [-0.25, -0.2) is 18.4 Å². The molecular formula is C11H14N4O3S. The molecule has 1 N–H and O–H groups in total. The van der Waals surface area contributed by atoms with E-state index in [0.29, 0.717) is 18.2 Å². The number of sulfone groups is 1. The molecule has 3 rings (SSSR count). The van der Waals surface area contributed by atoms with Crippen LogP contribution in [0.3, 0.4) is 0 Å². The van der Waals surface area contributed by atoms with Crippen molar-refractivity contribution in [3.63, 3.8) is 0 Å². The summed E-state index contributed by atoms with van der Waals surface area (Å²) in [6.45, 7) is 1.87. The summed E-state index contributed by atoms with van der Waals surface area (Å²) in [5, 5.41) is 6.11. The fourth-order valence-corrected chi connectivity index (χ4v) is 2.77. The van der Waals surface area contributed by atoms with Crippen molar-refractivity contribution in [2.24, 2.45) is 0 Å². The molecule has 0 aromatic carbocycles. The minimum absolute atomic E-state index is 0.199. The first-order valence-corrected chi connectivity index (χ1v) is 7.82. The van der Waals surface area contributed by atoms with E-state index < -0.39 is 9.84 Å². The molecule has 2 aromatic rings. The van der Waals surface area contributed by atoms with Gasteiger partial charge in [0, 0.05) is 12.3 Å². The summed E-state index contributed by atoms with van der Waals surface area (Å²) in [7, 11) is -3.60. The Hall–Kier alpha value is -1.70. The minimum Gasteiger partial charge on any atom is -0.444 e. The van der Waals surface area contributed by atoms with Crippen LogP contribution in [0.5, 0.6) is 0 Å². The van der Waals surface area contributed by atoms with Crippen LogP contribution in [0.25, 0.3) is 0 Å². The Morgan fingerprint density at radius 3 is 2.89 bits per heavy atom. The molecule has 0 bridgehead atoms. The smallest absolute Gasteiger partial charge is 0.267 e. The topological polar surface area (TPSA) is 102 Å². The van der Waals surface area contributed by atoms with Gasteiger partial charge in [0.15, 0.2) is 0 Å². The number of nitrogens with one attached hydrogen (secondary N) is 1. The van der Waals surface area contributed by atoms with Crippen molar-refractivity contribution in [2.45, 2.75) is 43.0 Å². The van der Waals surface area contributed by atoms with Gasteiger partial charge < -0.3 is 4.42 Å². The second-order valence-corrected chi connectivity index (χ2v) is 6.49. The molecule has 0 unspecified atom stereocenters. The summed E-state index contributed by atoms with van der Waals surface area (Å²) in [6, 6.07) is 0. The van der Waals surface area contributed by atoms with Crippen molar-refractivity contribution < 1.29 is 12.8 Å². The molecule has 1 fully saturated rings. The quantitative estimate of drug-likeness (QED) is 0.884. The number of hydrogen-bond acceptors (Lipinski definition) is 6. The van der Waals surface area contributed by atoms with Crippen LogP contribution in [0.15, 0.2) is 15.8 Å². The van der Waals surface area contributed by atoms with Crippen molar-refractivity contribution in [1.29, 1.82) is 0 Å². The molecule has 1 aliphatic carbocycles. The lowest BCUT2D eigenvalue weighted by molar-refractivity contribution is 0.467. The summed E-state index contributed by atoms with van der Waals surface area (Å²) in [6.07, 6.45) is 4.38. The summed E-state index contributed by atoms with van der Waals surface area (Å²) >= 11 is 0. The Morgan fingerprint density at radius 1 is 1.47 bits per heavy atom.